The van der Waals surface area contributed by atoms with E-state index in [1.54, 1.807) is 18.2 Å². The number of nitrogens with two attached hydrogens (primary N) is 2. The second-order valence-corrected chi connectivity index (χ2v) is 4.05. The van der Waals surface area contributed by atoms with Crippen LogP contribution in [0.1, 0.15) is 29.8 Å². The molecule has 4 heteroatoms. The fraction of sp³-hybridized carbons (Fsp3) is 0.462. The number of likely N-dealkylation sites (N-methyl/N-ethyl adjacent to an activating group) is 1. The van der Waals surface area contributed by atoms with E-state index in [1.165, 1.54) is 0 Å². The Hall–Kier alpha value is -1.55. The van der Waals surface area contributed by atoms with Gasteiger partial charge in [0.15, 0.2) is 0 Å². The summed E-state index contributed by atoms with van der Waals surface area (Å²) in [5.74, 6) is -0.408. The van der Waals surface area contributed by atoms with E-state index in [0.29, 0.717) is 5.56 Å². The van der Waals surface area contributed by atoms with Gasteiger partial charge in [0.05, 0.1) is 0 Å². The molecule has 1 aromatic carbocycles. The molecule has 0 atom stereocenters. The van der Waals surface area contributed by atoms with Gasteiger partial charge in [-0.1, -0.05) is 13.8 Å². The van der Waals surface area contributed by atoms with Crippen LogP contribution in [0.15, 0.2) is 18.2 Å². The van der Waals surface area contributed by atoms with Gasteiger partial charge in [-0.15, -0.1) is 0 Å². The van der Waals surface area contributed by atoms with Gasteiger partial charge in [-0.05, 0) is 43.3 Å². The standard InChI is InChI=1S/C13H21N3O/c1-3-16(4-2)8-7-10-9-11(13(15)17)5-6-12(10)14/h5-6,9H,3-4,7-8,14H2,1-2H3,(H2,15,17). The van der Waals surface area contributed by atoms with Crippen LogP contribution in [0, 0.1) is 0 Å². The maximum atomic E-state index is 11.1. The number of hydrogen-bond donors (Lipinski definition) is 2. The van der Waals surface area contributed by atoms with Crippen molar-refractivity contribution in [1.29, 1.82) is 0 Å². The summed E-state index contributed by atoms with van der Waals surface area (Å²) in [5.41, 5.74) is 13.4. The molecule has 0 heterocycles. The molecule has 94 valence electrons. The average Bonchev–Trinajstić information content (AvgIpc) is 2.32. The van der Waals surface area contributed by atoms with Crippen LogP contribution in [0.25, 0.3) is 0 Å². The number of amides is 1. The van der Waals surface area contributed by atoms with Gasteiger partial charge in [0.2, 0.25) is 5.91 Å². The Kier molecular flexibility index (Phi) is 4.97. The summed E-state index contributed by atoms with van der Waals surface area (Å²) >= 11 is 0. The minimum atomic E-state index is -0.408. The Morgan fingerprint density at radius 2 is 1.94 bits per heavy atom. The lowest BCUT2D eigenvalue weighted by Crippen LogP contribution is -2.25. The first-order valence-corrected chi connectivity index (χ1v) is 5.99. The molecular formula is C13H21N3O. The van der Waals surface area contributed by atoms with Crippen molar-refractivity contribution in [1.82, 2.24) is 4.90 Å². The van der Waals surface area contributed by atoms with Crippen molar-refractivity contribution >= 4 is 11.6 Å². The predicted octanol–water partition coefficient (Wildman–Crippen LogP) is 1.25. The normalized spacial score (nSPS) is 10.8. The third kappa shape index (κ3) is 3.75. The molecule has 4 N–H and O–H groups in total. The monoisotopic (exact) mass is 235 g/mol. The van der Waals surface area contributed by atoms with E-state index in [-0.39, 0.29) is 0 Å². The Bertz CT molecular complexity index is 386. The van der Waals surface area contributed by atoms with Crippen molar-refractivity contribution in [2.45, 2.75) is 20.3 Å². The predicted molar refractivity (Wildman–Crippen MR) is 70.9 cm³/mol. The highest BCUT2D eigenvalue weighted by molar-refractivity contribution is 5.93. The molecule has 0 aliphatic rings. The van der Waals surface area contributed by atoms with Gasteiger partial charge in [-0.2, -0.15) is 0 Å². The third-order valence-electron chi connectivity index (χ3n) is 3.02. The van der Waals surface area contributed by atoms with Gasteiger partial charge in [-0.25, -0.2) is 0 Å². The Morgan fingerprint density at radius 1 is 1.29 bits per heavy atom. The number of primary amides is 1. The van der Waals surface area contributed by atoms with Crippen molar-refractivity contribution in [2.75, 3.05) is 25.4 Å². The van der Waals surface area contributed by atoms with Crippen LogP contribution in [0.5, 0.6) is 0 Å². The van der Waals surface area contributed by atoms with Gasteiger partial charge in [0.1, 0.15) is 0 Å². The second kappa shape index (κ2) is 6.25. The quantitative estimate of drug-likeness (QED) is 0.729. The van der Waals surface area contributed by atoms with E-state index >= 15 is 0 Å². The zero-order valence-corrected chi connectivity index (χ0v) is 10.6. The summed E-state index contributed by atoms with van der Waals surface area (Å²) in [5, 5.41) is 0. The van der Waals surface area contributed by atoms with E-state index in [4.69, 9.17) is 11.5 Å². The molecule has 0 bridgehead atoms. The van der Waals surface area contributed by atoms with Crippen molar-refractivity contribution < 1.29 is 4.79 Å². The van der Waals surface area contributed by atoms with Gasteiger partial charge in [0, 0.05) is 17.8 Å². The molecular weight excluding hydrogens is 214 g/mol. The largest absolute Gasteiger partial charge is 0.399 e. The third-order valence-corrected chi connectivity index (χ3v) is 3.02. The van der Waals surface area contributed by atoms with Crippen molar-refractivity contribution in [3.63, 3.8) is 0 Å². The molecule has 0 radical (unpaired) electrons. The number of rotatable bonds is 6. The van der Waals surface area contributed by atoms with Gasteiger partial charge < -0.3 is 16.4 Å². The number of benzene rings is 1. The number of carbonyl (C=O) groups excluding carboxylic acids is 1. The van der Waals surface area contributed by atoms with E-state index in [2.05, 4.69) is 18.7 Å². The zero-order chi connectivity index (χ0) is 12.8. The maximum Gasteiger partial charge on any atom is 0.248 e. The molecule has 0 fully saturated rings. The fourth-order valence-corrected chi connectivity index (χ4v) is 1.79. The highest BCUT2D eigenvalue weighted by Crippen LogP contribution is 2.15. The van der Waals surface area contributed by atoms with Gasteiger partial charge in [0.25, 0.3) is 0 Å². The summed E-state index contributed by atoms with van der Waals surface area (Å²) in [4.78, 5) is 13.4. The van der Waals surface area contributed by atoms with E-state index in [9.17, 15) is 4.79 Å². The summed E-state index contributed by atoms with van der Waals surface area (Å²) in [6, 6.07) is 5.21. The van der Waals surface area contributed by atoms with Crippen LogP contribution in [0.4, 0.5) is 5.69 Å². The Balaban J connectivity index is 2.75. The van der Waals surface area contributed by atoms with Crippen LogP contribution in [-0.4, -0.2) is 30.4 Å². The molecule has 1 rings (SSSR count). The first-order valence-electron chi connectivity index (χ1n) is 5.99. The highest BCUT2D eigenvalue weighted by Gasteiger charge is 2.06. The molecule has 0 saturated heterocycles. The van der Waals surface area contributed by atoms with Crippen LogP contribution >= 0.6 is 0 Å². The summed E-state index contributed by atoms with van der Waals surface area (Å²) in [7, 11) is 0. The van der Waals surface area contributed by atoms with Crippen molar-refractivity contribution in [3.05, 3.63) is 29.3 Å². The number of hydrogen-bond acceptors (Lipinski definition) is 3. The topological polar surface area (TPSA) is 72.3 Å². The first-order chi connectivity index (χ1) is 8.08. The Morgan fingerprint density at radius 3 is 2.47 bits per heavy atom. The highest BCUT2D eigenvalue weighted by atomic mass is 16.1. The van der Waals surface area contributed by atoms with Gasteiger partial charge in [-0.3, -0.25) is 4.79 Å². The number of anilines is 1. The molecule has 0 spiro atoms. The van der Waals surface area contributed by atoms with E-state index in [0.717, 1.165) is 37.3 Å². The lowest BCUT2D eigenvalue weighted by Gasteiger charge is -2.18. The maximum absolute atomic E-state index is 11.1. The minimum absolute atomic E-state index is 0.408. The molecule has 1 amide bonds. The molecule has 17 heavy (non-hydrogen) atoms. The summed E-state index contributed by atoms with van der Waals surface area (Å²) < 4.78 is 0. The SMILES string of the molecule is CCN(CC)CCc1cc(C(N)=O)ccc1N. The molecule has 0 aliphatic carbocycles. The first kappa shape index (κ1) is 13.5. The van der Waals surface area contributed by atoms with E-state index in [1.807, 2.05) is 0 Å². The lowest BCUT2D eigenvalue weighted by atomic mass is 10.1. The number of carbonyl (C=O) groups is 1. The Labute approximate surface area is 103 Å². The molecule has 1 aromatic rings. The van der Waals surface area contributed by atoms with Gasteiger partial charge >= 0.3 is 0 Å². The molecule has 0 unspecified atom stereocenters. The van der Waals surface area contributed by atoms with Crippen LogP contribution in [0.2, 0.25) is 0 Å². The number of nitrogens with zero attached hydrogens (tertiary/aromatic N) is 1. The molecule has 4 nitrogen and oxygen atoms in total. The van der Waals surface area contributed by atoms with Crippen molar-refractivity contribution in [3.8, 4) is 0 Å². The zero-order valence-electron chi connectivity index (χ0n) is 10.6. The smallest absolute Gasteiger partial charge is 0.248 e. The minimum Gasteiger partial charge on any atom is -0.399 e. The summed E-state index contributed by atoms with van der Waals surface area (Å²) in [6.45, 7) is 7.25. The average molecular weight is 235 g/mol. The van der Waals surface area contributed by atoms with Crippen molar-refractivity contribution in [2.24, 2.45) is 5.73 Å². The number of nitrogen functional groups attached to an aromatic ring is 1. The molecule has 0 aliphatic heterocycles. The fourth-order valence-electron chi connectivity index (χ4n) is 1.79. The van der Waals surface area contributed by atoms with Crippen LogP contribution in [-0.2, 0) is 6.42 Å². The summed E-state index contributed by atoms with van der Waals surface area (Å²) in [6.07, 6.45) is 0.842. The van der Waals surface area contributed by atoms with Crippen LogP contribution < -0.4 is 11.5 Å². The molecule has 0 saturated carbocycles. The second-order valence-electron chi connectivity index (χ2n) is 4.05. The molecule has 0 aromatic heterocycles. The van der Waals surface area contributed by atoms with Crippen LogP contribution in [0.3, 0.4) is 0 Å². The van der Waals surface area contributed by atoms with E-state index < -0.39 is 5.91 Å². The lowest BCUT2D eigenvalue weighted by molar-refractivity contribution is 0.1000.